The van der Waals surface area contributed by atoms with Gasteiger partial charge >= 0.3 is 5.97 Å². The Hall–Kier alpha value is -2.38. The summed E-state index contributed by atoms with van der Waals surface area (Å²) in [4.78, 5) is 28.9. The van der Waals surface area contributed by atoms with Crippen LogP contribution in [0.4, 0.5) is 5.69 Å². The van der Waals surface area contributed by atoms with E-state index in [1.54, 1.807) is 7.11 Å². The molecule has 1 aliphatic carbocycles. The number of para-hydroxylation sites is 1. The third kappa shape index (κ3) is 1.50. The van der Waals surface area contributed by atoms with E-state index in [4.69, 9.17) is 14.2 Å². The van der Waals surface area contributed by atoms with Crippen LogP contribution >= 0.6 is 0 Å². The number of benzene rings is 1. The number of allylic oxidation sites excluding steroid dienone is 1. The second-order valence-corrected chi connectivity index (χ2v) is 8.74. The Kier molecular flexibility index (Phi) is 3.14. The zero-order chi connectivity index (χ0) is 20.2. The first-order valence-electron chi connectivity index (χ1n) is 10.1. The molecule has 6 atom stereocenters. The average molecular weight is 396 g/mol. The highest BCUT2D eigenvalue weighted by Crippen LogP contribution is 2.76. The molecule has 7 nitrogen and oxygen atoms in total. The molecule has 7 heteroatoms. The normalized spacial score (nSPS) is 44.4. The Labute approximate surface area is 169 Å². The van der Waals surface area contributed by atoms with Crippen LogP contribution < -0.4 is 10.1 Å². The Morgan fingerprint density at radius 2 is 2.21 bits per heavy atom. The predicted molar refractivity (Wildman–Crippen MR) is 103 cm³/mol. The molecule has 1 spiro atoms. The molecule has 5 aliphatic rings. The van der Waals surface area contributed by atoms with Crippen molar-refractivity contribution in [2.24, 2.45) is 11.3 Å². The number of hydrogen-bond donors (Lipinski definition) is 1. The first kappa shape index (κ1) is 17.5. The number of fused-ring (bicyclic) bond motifs is 4. The number of nitrogens with one attached hydrogen (secondary N) is 1. The van der Waals surface area contributed by atoms with Gasteiger partial charge < -0.3 is 24.3 Å². The lowest BCUT2D eigenvalue weighted by molar-refractivity contribution is -0.182. The maximum atomic E-state index is 13.5. The number of piperidine rings is 2. The molecular weight excluding hydrogens is 372 g/mol. The van der Waals surface area contributed by atoms with Crippen LogP contribution in [0.5, 0.6) is 5.75 Å². The molecule has 4 fully saturated rings. The number of carbonyl (C=O) groups is 2. The third-order valence-electron chi connectivity index (χ3n) is 8.30. The van der Waals surface area contributed by atoms with Crippen molar-refractivity contribution in [2.45, 2.75) is 43.2 Å². The van der Waals surface area contributed by atoms with E-state index in [9.17, 15) is 9.59 Å². The van der Waals surface area contributed by atoms with Crippen LogP contribution in [0.1, 0.15) is 25.3 Å². The smallest absolute Gasteiger partial charge is 0.320 e. The van der Waals surface area contributed by atoms with Crippen molar-refractivity contribution in [2.75, 3.05) is 26.1 Å². The van der Waals surface area contributed by atoms with E-state index < -0.39 is 22.5 Å². The molecule has 152 valence electrons. The van der Waals surface area contributed by atoms with E-state index in [1.807, 2.05) is 25.1 Å². The summed E-state index contributed by atoms with van der Waals surface area (Å²) in [6, 6.07) is 5.89. The van der Waals surface area contributed by atoms with Gasteiger partial charge in [0.05, 0.1) is 31.4 Å². The number of esters is 1. The van der Waals surface area contributed by atoms with Gasteiger partial charge in [-0.25, -0.2) is 0 Å². The van der Waals surface area contributed by atoms with Gasteiger partial charge in [-0.3, -0.25) is 9.69 Å². The Morgan fingerprint density at radius 3 is 2.90 bits per heavy atom. The first-order valence-corrected chi connectivity index (χ1v) is 10.1. The van der Waals surface area contributed by atoms with E-state index in [2.05, 4.69) is 16.3 Å². The number of rotatable bonds is 3. The molecule has 0 amide bonds. The number of nitrogens with zero attached hydrogens (tertiary/aromatic N) is 1. The minimum Gasteiger partial charge on any atom is -0.495 e. The fraction of sp³-hybridized carbons (Fsp3) is 0.545. The summed E-state index contributed by atoms with van der Waals surface area (Å²) in [6.07, 6.45) is 4.01. The highest BCUT2D eigenvalue weighted by atomic mass is 16.6. The molecule has 1 aromatic rings. The van der Waals surface area contributed by atoms with Gasteiger partial charge in [0.15, 0.2) is 5.72 Å². The Bertz CT molecular complexity index is 991. The molecule has 1 saturated carbocycles. The van der Waals surface area contributed by atoms with Crippen molar-refractivity contribution in [3.63, 3.8) is 0 Å². The topological polar surface area (TPSA) is 77.1 Å². The molecule has 6 rings (SSSR count). The molecule has 1 aromatic carbocycles. The van der Waals surface area contributed by atoms with Gasteiger partial charge in [0.25, 0.3) is 0 Å². The monoisotopic (exact) mass is 396 g/mol. The lowest BCUT2D eigenvalue weighted by Gasteiger charge is -2.63. The number of carbonyl (C=O) groups excluding carboxylic acids is 2. The lowest BCUT2D eigenvalue weighted by Crippen LogP contribution is -2.78. The minimum atomic E-state index is -1.36. The van der Waals surface area contributed by atoms with Gasteiger partial charge in [-0.15, -0.1) is 0 Å². The van der Waals surface area contributed by atoms with Gasteiger partial charge in [0.2, 0.25) is 0 Å². The van der Waals surface area contributed by atoms with Gasteiger partial charge in [0.1, 0.15) is 23.7 Å². The van der Waals surface area contributed by atoms with E-state index in [0.717, 1.165) is 23.1 Å². The summed E-state index contributed by atoms with van der Waals surface area (Å²) in [5.41, 5.74) is -0.199. The van der Waals surface area contributed by atoms with Crippen LogP contribution in [0.2, 0.25) is 0 Å². The Balaban J connectivity index is 1.74. The van der Waals surface area contributed by atoms with Gasteiger partial charge in [-0.1, -0.05) is 23.8 Å². The number of hydrogen-bond acceptors (Lipinski definition) is 7. The highest BCUT2D eigenvalue weighted by molar-refractivity contribution is 5.99. The van der Waals surface area contributed by atoms with Crippen molar-refractivity contribution in [1.29, 1.82) is 0 Å². The first-order chi connectivity index (χ1) is 14.0. The summed E-state index contributed by atoms with van der Waals surface area (Å²) < 4.78 is 17.6. The summed E-state index contributed by atoms with van der Waals surface area (Å²) in [7, 11) is 3.00. The SMILES string of the molecule is C/C=C1/CN2[C@H]3C[C@@H]1[C@@](C=O)(C(=O)OC)[C@@]14C[C@H]2OC31Nc1c(OC)cccc14. The van der Waals surface area contributed by atoms with Gasteiger partial charge in [-0.05, 0) is 25.0 Å². The average Bonchev–Trinajstić information content (AvgIpc) is 3.36. The molecule has 1 unspecified atom stereocenters. The number of methoxy groups -OCH3 is 2. The maximum absolute atomic E-state index is 13.5. The third-order valence-corrected chi connectivity index (χ3v) is 8.30. The summed E-state index contributed by atoms with van der Waals surface area (Å²) in [5, 5.41) is 3.62. The van der Waals surface area contributed by atoms with Gasteiger partial charge in [-0.2, -0.15) is 0 Å². The van der Waals surface area contributed by atoms with Gasteiger partial charge in [0, 0.05) is 18.9 Å². The largest absolute Gasteiger partial charge is 0.495 e. The van der Waals surface area contributed by atoms with Crippen LogP contribution in [-0.4, -0.2) is 55.9 Å². The second kappa shape index (κ2) is 5.21. The van der Waals surface area contributed by atoms with Crippen LogP contribution in [0.15, 0.2) is 29.8 Å². The summed E-state index contributed by atoms with van der Waals surface area (Å²) in [5.74, 6) is 0.00166. The lowest BCUT2D eigenvalue weighted by atomic mass is 9.42. The van der Waals surface area contributed by atoms with Crippen LogP contribution in [0.25, 0.3) is 0 Å². The van der Waals surface area contributed by atoms with Crippen LogP contribution in [0, 0.1) is 11.3 Å². The van der Waals surface area contributed by atoms with E-state index in [1.165, 1.54) is 7.11 Å². The number of aldehydes is 1. The molecule has 4 heterocycles. The molecule has 1 N–H and O–H groups in total. The second-order valence-electron chi connectivity index (χ2n) is 8.74. The molecular formula is C22H24N2O5. The number of anilines is 1. The Morgan fingerprint density at radius 1 is 1.38 bits per heavy atom. The molecule has 0 aromatic heterocycles. The summed E-state index contributed by atoms with van der Waals surface area (Å²) >= 11 is 0. The molecule has 4 aliphatic heterocycles. The highest BCUT2D eigenvalue weighted by Gasteiger charge is 2.87. The van der Waals surface area contributed by atoms with Crippen LogP contribution in [-0.2, 0) is 24.5 Å². The predicted octanol–water partition coefficient (Wildman–Crippen LogP) is 1.82. The van der Waals surface area contributed by atoms with Crippen molar-refractivity contribution in [3.8, 4) is 5.75 Å². The quantitative estimate of drug-likeness (QED) is 0.361. The molecule has 0 radical (unpaired) electrons. The maximum Gasteiger partial charge on any atom is 0.320 e. The minimum absolute atomic E-state index is 0.0739. The van der Waals surface area contributed by atoms with Crippen molar-refractivity contribution in [1.82, 2.24) is 4.90 Å². The van der Waals surface area contributed by atoms with Crippen molar-refractivity contribution in [3.05, 3.63) is 35.4 Å². The van der Waals surface area contributed by atoms with E-state index in [0.29, 0.717) is 25.1 Å². The van der Waals surface area contributed by atoms with Crippen molar-refractivity contribution >= 4 is 17.9 Å². The molecule has 4 bridgehead atoms. The molecule has 3 saturated heterocycles. The molecule has 29 heavy (non-hydrogen) atoms. The standard InChI is InChI=1S/C22H24N2O5/c1-4-12-10-24-16-8-14(12)20(11-25,19(26)28-3)21-9-17(24)29-22(16,21)23-18-13(21)6-5-7-15(18)27-2/h4-7,11,14,16-17,23H,8-10H2,1-3H3/b12-4-/t14-,16-,17+,20-,21-,22?/m0/s1. The fourth-order valence-corrected chi connectivity index (χ4v) is 7.35. The van der Waals surface area contributed by atoms with E-state index in [-0.39, 0.29) is 18.2 Å². The number of ether oxygens (including phenoxy) is 3. The zero-order valence-electron chi connectivity index (χ0n) is 16.7. The van der Waals surface area contributed by atoms with Crippen LogP contribution in [0.3, 0.4) is 0 Å². The van der Waals surface area contributed by atoms with E-state index >= 15 is 0 Å². The fourth-order valence-electron chi connectivity index (χ4n) is 7.35. The zero-order valence-corrected chi connectivity index (χ0v) is 16.7. The van der Waals surface area contributed by atoms with Crippen molar-refractivity contribution < 1.29 is 23.8 Å². The summed E-state index contributed by atoms with van der Waals surface area (Å²) in [6.45, 7) is 2.69.